The SMILES string of the molecule is Nc1ncccc1C1CCC(Oc2nccnc2C2CCOCC2)CC1. The second-order valence-electron chi connectivity index (χ2n) is 7.20. The van der Waals surface area contributed by atoms with Crippen LogP contribution >= 0.6 is 0 Å². The molecule has 4 rings (SSSR count). The van der Waals surface area contributed by atoms with Crippen LogP contribution in [-0.4, -0.2) is 34.3 Å². The summed E-state index contributed by atoms with van der Waals surface area (Å²) >= 11 is 0. The molecule has 0 aromatic carbocycles. The second kappa shape index (κ2) is 7.99. The molecule has 0 bridgehead atoms. The molecule has 0 atom stereocenters. The van der Waals surface area contributed by atoms with E-state index in [2.05, 4.69) is 21.0 Å². The molecule has 1 aliphatic carbocycles. The van der Waals surface area contributed by atoms with Crippen molar-refractivity contribution in [3.63, 3.8) is 0 Å². The standard InChI is InChI=1S/C20H26N4O2/c21-19-17(2-1-9-23-19)14-3-5-16(6-4-14)26-20-18(22-10-11-24-20)15-7-12-25-13-8-15/h1-2,9-11,14-16H,3-8,12-13H2,(H2,21,23). The number of anilines is 1. The maximum atomic E-state index is 6.29. The molecule has 3 heterocycles. The van der Waals surface area contributed by atoms with Gasteiger partial charge < -0.3 is 15.2 Å². The van der Waals surface area contributed by atoms with Crippen molar-refractivity contribution in [1.82, 2.24) is 15.0 Å². The lowest BCUT2D eigenvalue weighted by atomic mass is 9.83. The predicted octanol–water partition coefficient (Wildman–Crippen LogP) is 3.45. The summed E-state index contributed by atoms with van der Waals surface area (Å²) in [7, 11) is 0. The second-order valence-corrected chi connectivity index (χ2v) is 7.20. The van der Waals surface area contributed by atoms with E-state index in [0.717, 1.165) is 57.4 Å². The molecule has 2 aromatic heterocycles. The zero-order valence-electron chi connectivity index (χ0n) is 15.0. The molecule has 2 aliphatic rings. The summed E-state index contributed by atoms with van der Waals surface area (Å²) in [6.45, 7) is 1.58. The number of aromatic nitrogens is 3. The molecule has 6 nitrogen and oxygen atoms in total. The molecule has 0 radical (unpaired) electrons. The summed E-state index contributed by atoms with van der Waals surface area (Å²) in [6.07, 6.45) is 11.5. The first kappa shape index (κ1) is 17.2. The van der Waals surface area contributed by atoms with Gasteiger partial charge in [0.25, 0.3) is 0 Å². The average molecular weight is 354 g/mol. The van der Waals surface area contributed by atoms with Gasteiger partial charge in [0.2, 0.25) is 5.88 Å². The summed E-state index contributed by atoms with van der Waals surface area (Å²) in [4.78, 5) is 13.3. The molecular formula is C20H26N4O2. The van der Waals surface area contributed by atoms with E-state index in [1.807, 2.05) is 6.07 Å². The van der Waals surface area contributed by atoms with Gasteiger partial charge in [0.05, 0.1) is 0 Å². The minimum atomic E-state index is 0.194. The number of hydrogen-bond acceptors (Lipinski definition) is 6. The van der Waals surface area contributed by atoms with Crippen LogP contribution in [0.4, 0.5) is 5.82 Å². The first-order valence-electron chi connectivity index (χ1n) is 9.57. The molecule has 2 N–H and O–H groups in total. The quantitative estimate of drug-likeness (QED) is 0.905. The van der Waals surface area contributed by atoms with Gasteiger partial charge in [-0.15, -0.1) is 0 Å². The predicted molar refractivity (Wildman–Crippen MR) is 99.1 cm³/mol. The molecule has 1 saturated heterocycles. The number of hydrogen-bond donors (Lipinski definition) is 1. The van der Waals surface area contributed by atoms with Crippen LogP contribution in [0.3, 0.4) is 0 Å². The lowest BCUT2D eigenvalue weighted by Gasteiger charge is -2.30. The maximum absolute atomic E-state index is 6.29. The van der Waals surface area contributed by atoms with Crippen molar-refractivity contribution in [2.75, 3.05) is 18.9 Å². The molecule has 0 amide bonds. The molecule has 2 aromatic rings. The van der Waals surface area contributed by atoms with Gasteiger partial charge in [0, 0.05) is 37.7 Å². The van der Waals surface area contributed by atoms with E-state index in [9.17, 15) is 0 Å². The fraction of sp³-hybridized carbons (Fsp3) is 0.550. The Labute approximate surface area is 154 Å². The van der Waals surface area contributed by atoms with E-state index in [1.54, 1.807) is 18.6 Å². The number of pyridine rings is 1. The van der Waals surface area contributed by atoms with E-state index in [0.29, 0.717) is 23.5 Å². The first-order valence-corrected chi connectivity index (χ1v) is 9.57. The highest BCUT2D eigenvalue weighted by Gasteiger charge is 2.28. The van der Waals surface area contributed by atoms with Crippen LogP contribution in [0.5, 0.6) is 5.88 Å². The van der Waals surface area contributed by atoms with Gasteiger partial charge in [-0.1, -0.05) is 6.07 Å². The summed E-state index contributed by atoms with van der Waals surface area (Å²) in [6, 6.07) is 4.06. The Balaban J connectivity index is 1.40. The van der Waals surface area contributed by atoms with Crippen LogP contribution in [0.15, 0.2) is 30.7 Å². The Hall–Kier alpha value is -2.21. The Kier molecular flexibility index (Phi) is 5.29. The Morgan fingerprint density at radius 2 is 1.65 bits per heavy atom. The zero-order valence-corrected chi connectivity index (χ0v) is 15.0. The van der Waals surface area contributed by atoms with Gasteiger partial charge in [-0.25, -0.2) is 9.97 Å². The normalized spacial score (nSPS) is 24.3. The molecule has 1 saturated carbocycles. The third-order valence-corrected chi connectivity index (χ3v) is 5.56. The van der Waals surface area contributed by atoms with Crippen molar-refractivity contribution < 1.29 is 9.47 Å². The number of nitrogens with two attached hydrogens (primary N) is 1. The fourth-order valence-electron chi connectivity index (χ4n) is 4.10. The van der Waals surface area contributed by atoms with E-state index < -0.39 is 0 Å². The highest BCUT2D eigenvalue weighted by molar-refractivity contribution is 5.41. The van der Waals surface area contributed by atoms with Crippen LogP contribution in [-0.2, 0) is 4.74 Å². The number of ether oxygens (including phenoxy) is 2. The summed E-state index contributed by atoms with van der Waals surface area (Å²) in [5, 5.41) is 0. The first-order chi connectivity index (χ1) is 12.8. The molecular weight excluding hydrogens is 328 g/mol. The van der Waals surface area contributed by atoms with Crippen LogP contribution < -0.4 is 10.5 Å². The fourth-order valence-corrected chi connectivity index (χ4v) is 4.10. The third-order valence-electron chi connectivity index (χ3n) is 5.56. The van der Waals surface area contributed by atoms with Gasteiger partial charge in [-0.3, -0.25) is 4.98 Å². The Bertz CT molecular complexity index is 725. The molecule has 26 heavy (non-hydrogen) atoms. The number of rotatable bonds is 4. The van der Waals surface area contributed by atoms with Gasteiger partial charge in [0.15, 0.2) is 0 Å². The van der Waals surface area contributed by atoms with Gasteiger partial charge in [-0.2, -0.15) is 0 Å². The van der Waals surface area contributed by atoms with Gasteiger partial charge >= 0.3 is 0 Å². The van der Waals surface area contributed by atoms with Crippen LogP contribution in [0, 0.1) is 0 Å². The zero-order chi connectivity index (χ0) is 17.8. The van der Waals surface area contributed by atoms with E-state index in [4.69, 9.17) is 15.2 Å². The minimum absolute atomic E-state index is 0.194. The van der Waals surface area contributed by atoms with Gasteiger partial charge in [-0.05, 0) is 56.1 Å². The summed E-state index contributed by atoms with van der Waals surface area (Å²) < 4.78 is 11.8. The largest absolute Gasteiger partial charge is 0.473 e. The lowest BCUT2D eigenvalue weighted by Crippen LogP contribution is -2.25. The van der Waals surface area contributed by atoms with E-state index >= 15 is 0 Å². The summed E-state index contributed by atoms with van der Waals surface area (Å²) in [5.74, 6) is 2.23. The topological polar surface area (TPSA) is 83.2 Å². The van der Waals surface area contributed by atoms with Gasteiger partial charge in [0.1, 0.15) is 17.6 Å². The third kappa shape index (κ3) is 3.80. The molecule has 1 aliphatic heterocycles. The average Bonchev–Trinajstić information content (AvgIpc) is 2.70. The molecule has 138 valence electrons. The number of nitrogens with zero attached hydrogens (tertiary/aromatic N) is 3. The smallest absolute Gasteiger partial charge is 0.236 e. The highest BCUT2D eigenvalue weighted by atomic mass is 16.5. The highest BCUT2D eigenvalue weighted by Crippen LogP contribution is 2.37. The van der Waals surface area contributed by atoms with Crippen molar-refractivity contribution in [2.45, 2.75) is 56.5 Å². The monoisotopic (exact) mass is 354 g/mol. The van der Waals surface area contributed by atoms with E-state index in [1.165, 1.54) is 5.56 Å². The lowest BCUT2D eigenvalue weighted by molar-refractivity contribution is 0.0817. The van der Waals surface area contributed by atoms with Crippen molar-refractivity contribution >= 4 is 5.82 Å². The Morgan fingerprint density at radius 3 is 2.42 bits per heavy atom. The van der Waals surface area contributed by atoms with Crippen molar-refractivity contribution in [3.8, 4) is 5.88 Å². The number of nitrogen functional groups attached to an aromatic ring is 1. The van der Waals surface area contributed by atoms with Crippen LogP contribution in [0.2, 0.25) is 0 Å². The van der Waals surface area contributed by atoms with Crippen molar-refractivity contribution in [3.05, 3.63) is 42.0 Å². The molecule has 0 unspecified atom stereocenters. The minimum Gasteiger partial charge on any atom is -0.473 e. The molecule has 2 fully saturated rings. The molecule has 6 heteroatoms. The van der Waals surface area contributed by atoms with E-state index in [-0.39, 0.29) is 6.10 Å². The maximum Gasteiger partial charge on any atom is 0.236 e. The van der Waals surface area contributed by atoms with Crippen molar-refractivity contribution in [1.29, 1.82) is 0 Å². The Morgan fingerprint density at radius 1 is 0.885 bits per heavy atom. The van der Waals surface area contributed by atoms with Crippen molar-refractivity contribution in [2.24, 2.45) is 0 Å². The van der Waals surface area contributed by atoms with Crippen LogP contribution in [0.25, 0.3) is 0 Å². The molecule has 0 spiro atoms. The van der Waals surface area contributed by atoms with Crippen LogP contribution in [0.1, 0.15) is 61.6 Å². The summed E-state index contributed by atoms with van der Waals surface area (Å²) in [5.41, 5.74) is 8.21.